The van der Waals surface area contributed by atoms with E-state index in [1.807, 2.05) is 43.3 Å². The number of carbonyl (C=O) groups excluding carboxylic acids is 1. The van der Waals surface area contributed by atoms with Crippen molar-refractivity contribution in [2.45, 2.75) is 32.9 Å². The molecule has 25 heavy (non-hydrogen) atoms. The maximum absolute atomic E-state index is 12.3. The minimum atomic E-state index is 0. The summed E-state index contributed by atoms with van der Waals surface area (Å²) in [7, 11) is 1.79. The van der Waals surface area contributed by atoms with Gasteiger partial charge in [0, 0.05) is 19.6 Å². The molecule has 0 fully saturated rings. The fourth-order valence-electron chi connectivity index (χ4n) is 2.42. The van der Waals surface area contributed by atoms with Gasteiger partial charge >= 0.3 is 0 Å². The van der Waals surface area contributed by atoms with Gasteiger partial charge in [0.05, 0.1) is 6.42 Å². The van der Waals surface area contributed by atoms with Crippen LogP contribution in [0.25, 0.3) is 0 Å². The Morgan fingerprint density at radius 3 is 2.52 bits per heavy atom. The lowest BCUT2D eigenvalue weighted by Gasteiger charge is -2.23. The number of rotatable bonds is 7. The second-order valence-corrected chi connectivity index (χ2v) is 6.19. The third-order valence-electron chi connectivity index (χ3n) is 4.14. The predicted molar refractivity (Wildman–Crippen MR) is 104 cm³/mol. The summed E-state index contributed by atoms with van der Waals surface area (Å²) in [5, 5.41) is 0. The summed E-state index contributed by atoms with van der Waals surface area (Å²) in [6.45, 7) is 4.99. The van der Waals surface area contributed by atoms with Crippen LogP contribution in [0, 0.1) is 6.92 Å². The topological polar surface area (TPSA) is 55.6 Å². The Bertz CT molecular complexity index is 691. The van der Waals surface area contributed by atoms with Gasteiger partial charge in [-0.1, -0.05) is 42.0 Å². The number of likely N-dealkylation sites (N-methyl/N-ethyl adjacent to an activating group) is 1. The molecule has 1 atom stereocenters. The van der Waals surface area contributed by atoms with E-state index in [4.69, 9.17) is 10.5 Å². The van der Waals surface area contributed by atoms with Gasteiger partial charge in [0.2, 0.25) is 5.91 Å². The van der Waals surface area contributed by atoms with Crippen LogP contribution >= 0.6 is 12.4 Å². The number of benzene rings is 2. The fourth-order valence-corrected chi connectivity index (χ4v) is 2.42. The van der Waals surface area contributed by atoms with E-state index in [1.165, 1.54) is 5.56 Å². The molecule has 0 saturated heterocycles. The van der Waals surface area contributed by atoms with Crippen molar-refractivity contribution >= 4 is 18.3 Å². The Hall–Kier alpha value is -2.04. The van der Waals surface area contributed by atoms with E-state index in [2.05, 4.69) is 19.1 Å². The third-order valence-corrected chi connectivity index (χ3v) is 4.14. The maximum atomic E-state index is 12.3. The fraction of sp³-hybridized carbons (Fsp3) is 0.350. The van der Waals surface area contributed by atoms with Crippen LogP contribution in [0.4, 0.5) is 0 Å². The van der Waals surface area contributed by atoms with Crippen molar-refractivity contribution in [3.8, 4) is 5.75 Å². The molecule has 0 saturated carbocycles. The summed E-state index contributed by atoms with van der Waals surface area (Å²) in [4.78, 5) is 14.0. The first kappa shape index (κ1) is 21.0. The van der Waals surface area contributed by atoms with Crippen LogP contribution in [0.15, 0.2) is 48.5 Å². The van der Waals surface area contributed by atoms with E-state index in [1.54, 1.807) is 11.9 Å². The molecule has 2 N–H and O–H groups in total. The highest BCUT2D eigenvalue weighted by Gasteiger charge is 2.14. The molecule has 0 aliphatic heterocycles. The molecule has 0 bridgehead atoms. The Kier molecular flexibility index (Phi) is 8.46. The number of halogens is 1. The van der Waals surface area contributed by atoms with Crippen molar-refractivity contribution in [3.63, 3.8) is 0 Å². The van der Waals surface area contributed by atoms with Crippen LogP contribution in [-0.4, -0.2) is 30.4 Å². The van der Waals surface area contributed by atoms with Crippen LogP contribution in [0.2, 0.25) is 0 Å². The third kappa shape index (κ3) is 6.40. The van der Waals surface area contributed by atoms with Crippen molar-refractivity contribution in [3.05, 3.63) is 65.2 Å². The lowest BCUT2D eigenvalue weighted by Crippen LogP contribution is -2.40. The molecule has 0 spiro atoms. The van der Waals surface area contributed by atoms with Gasteiger partial charge in [0.15, 0.2) is 0 Å². The highest BCUT2D eigenvalue weighted by molar-refractivity contribution is 5.85. The molecule has 0 heterocycles. The van der Waals surface area contributed by atoms with E-state index in [0.717, 1.165) is 16.9 Å². The standard InChI is InChI=1S/C20H26N2O2.ClH/c1-15-6-4-8-18(10-15)14-24-19-9-5-7-17(11-19)12-20(23)22(3)16(2)13-21;/h4-11,16H,12-14,21H2,1-3H3;1H. The molecular formula is C20H27ClN2O2. The minimum absolute atomic E-state index is 0. The second-order valence-electron chi connectivity index (χ2n) is 6.19. The van der Waals surface area contributed by atoms with Gasteiger partial charge in [-0.05, 0) is 37.1 Å². The van der Waals surface area contributed by atoms with Gasteiger partial charge in [0.1, 0.15) is 12.4 Å². The largest absolute Gasteiger partial charge is 0.489 e. The minimum Gasteiger partial charge on any atom is -0.489 e. The molecule has 136 valence electrons. The summed E-state index contributed by atoms with van der Waals surface area (Å²) < 4.78 is 5.85. The van der Waals surface area contributed by atoms with Crippen molar-refractivity contribution in [2.75, 3.05) is 13.6 Å². The van der Waals surface area contributed by atoms with Crippen molar-refractivity contribution in [2.24, 2.45) is 5.73 Å². The number of carbonyl (C=O) groups is 1. The molecular weight excluding hydrogens is 336 g/mol. The first-order chi connectivity index (χ1) is 11.5. The lowest BCUT2D eigenvalue weighted by molar-refractivity contribution is -0.130. The average molecular weight is 363 g/mol. The molecule has 0 aromatic heterocycles. The average Bonchev–Trinajstić information content (AvgIpc) is 2.59. The number of nitrogens with two attached hydrogens (primary N) is 1. The normalized spacial score (nSPS) is 11.4. The van der Waals surface area contributed by atoms with E-state index >= 15 is 0 Å². The number of amides is 1. The maximum Gasteiger partial charge on any atom is 0.227 e. The van der Waals surface area contributed by atoms with Crippen LogP contribution in [0.5, 0.6) is 5.75 Å². The molecule has 5 heteroatoms. The van der Waals surface area contributed by atoms with Crippen LogP contribution in [0.1, 0.15) is 23.6 Å². The zero-order valence-electron chi connectivity index (χ0n) is 15.1. The Morgan fingerprint density at radius 1 is 1.16 bits per heavy atom. The first-order valence-corrected chi connectivity index (χ1v) is 8.22. The molecule has 0 aliphatic rings. The number of hydrogen-bond donors (Lipinski definition) is 1. The van der Waals surface area contributed by atoms with Gasteiger partial charge in [-0.15, -0.1) is 12.4 Å². The quantitative estimate of drug-likeness (QED) is 0.821. The van der Waals surface area contributed by atoms with Gasteiger partial charge < -0.3 is 15.4 Å². The lowest BCUT2D eigenvalue weighted by atomic mass is 10.1. The molecule has 2 aromatic carbocycles. The van der Waals surface area contributed by atoms with Crippen LogP contribution in [-0.2, 0) is 17.8 Å². The number of ether oxygens (including phenoxy) is 1. The number of nitrogens with zero attached hydrogens (tertiary/aromatic N) is 1. The van der Waals surface area contributed by atoms with Crippen molar-refractivity contribution in [1.29, 1.82) is 0 Å². The molecule has 0 aliphatic carbocycles. The second kappa shape index (κ2) is 10.1. The van der Waals surface area contributed by atoms with E-state index in [9.17, 15) is 4.79 Å². The summed E-state index contributed by atoms with van der Waals surface area (Å²) in [6.07, 6.45) is 0.350. The molecule has 4 nitrogen and oxygen atoms in total. The Balaban J connectivity index is 0.00000312. The summed E-state index contributed by atoms with van der Waals surface area (Å²) in [5.74, 6) is 0.833. The molecule has 1 amide bonds. The Labute approximate surface area is 156 Å². The predicted octanol–water partition coefficient (Wildman–Crippen LogP) is 3.34. The molecule has 2 aromatic rings. The number of aryl methyl sites for hydroxylation is 1. The van der Waals surface area contributed by atoms with Gasteiger partial charge in [-0.3, -0.25) is 4.79 Å². The Morgan fingerprint density at radius 2 is 1.84 bits per heavy atom. The number of hydrogen-bond acceptors (Lipinski definition) is 3. The van der Waals surface area contributed by atoms with Gasteiger partial charge in [-0.25, -0.2) is 0 Å². The van der Waals surface area contributed by atoms with E-state index in [0.29, 0.717) is 19.6 Å². The summed E-state index contributed by atoms with van der Waals surface area (Å²) in [5.41, 5.74) is 8.91. The van der Waals surface area contributed by atoms with Gasteiger partial charge in [-0.2, -0.15) is 0 Å². The zero-order chi connectivity index (χ0) is 17.5. The molecule has 1 unspecified atom stereocenters. The van der Waals surface area contributed by atoms with E-state index < -0.39 is 0 Å². The smallest absolute Gasteiger partial charge is 0.227 e. The monoisotopic (exact) mass is 362 g/mol. The highest BCUT2D eigenvalue weighted by atomic mass is 35.5. The summed E-state index contributed by atoms with van der Waals surface area (Å²) >= 11 is 0. The SMILES string of the molecule is Cc1cccc(COc2cccc(CC(=O)N(C)C(C)CN)c2)c1.Cl. The van der Waals surface area contributed by atoms with Crippen molar-refractivity contribution in [1.82, 2.24) is 4.90 Å². The molecule has 2 rings (SSSR count). The molecule has 0 radical (unpaired) electrons. The zero-order valence-corrected chi connectivity index (χ0v) is 15.9. The first-order valence-electron chi connectivity index (χ1n) is 8.22. The van der Waals surface area contributed by atoms with Crippen LogP contribution in [0.3, 0.4) is 0 Å². The van der Waals surface area contributed by atoms with E-state index in [-0.39, 0.29) is 24.4 Å². The van der Waals surface area contributed by atoms with Crippen molar-refractivity contribution < 1.29 is 9.53 Å². The van der Waals surface area contributed by atoms with Gasteiger partial charge in [0.25, 0.3) is 0 Å². The van der Waals surface area contributed by atoms with Crippen LogP contribution < -0.4 is 10.5 Å². The summed E-state index contributed by atoms with van der Waals surface area (Å²) in [6, 6.07) is 16.0. The highest BCUT2D eigenvalue weighted by Crippen LogP contribution is 2.17.